The normalized spacial score (nSPS) is 22.5. The van der Waals surface area contributed by atoms with E-state index in [1.54, 1.807) is 0 Å². The first-order valence-electron chi connectivity index (χ1n) is 11.9. The van der Waals surface area contributed by atoms with Gasteiger partial charge < -0.3 is 9.88 Å². The summed E-state index contributed by atoms with van der Waals surface area (Å²) in [6, 6.07) is 10.4. The highest BCUT2D eigenvalue weighted by atomic mass is 16.2. The Labute approximate surface area is 183 Å². The van der Waals surface area contributed by atoms with Crippen LogP contribution in [-0.2, 0) is 24.2 Å². The van der Waals surface area contributed by atoms with Crippen LogP contribution in [0.25, 0.3) is 0 Å². The minimum absolute atomic E-state index is 0.00731. The fourth-order valence-corrected chi connectivity index (χ4v) is 5.60. The van der Waals surface area contributed by atoms with Crippen molar-refractivity contribution in [3.05, 3.63) is 63.3 Å². The predicted octanol–water partition coefficient (Wildman–Crippen LogP) is 3.37. The van der Waals surface area contributed by atoms with Gasteiger partial charge in [0, 0.05) is 31.2 Å². The summed E-state index contributed by atoms with van der Waals surface area (Å²) in [5, 5.41) is 0. The molecule has 1 saturated carbocycles. The van der Waals surface area contributed by atoms with E-state index in [9.17, 15) is 9.59 Å². The van der Waals surface area contributed by atoms with Gasteiger partial charge in [-0.05, 0) is 44.1 Å². The first kappa shape index (κ1) is 20.4. The zero-order chi connectivity index (χ0) is 21.2. The van der Waals surface area contributed by atoms with Crippen molar-refractivity contribution >= 4 is 5.91 Å². The number of hydrogen-bond donors (Lipinski definition) is 1. The number of likely N-dealkylation sites (tertiary alicyclic amines) is 1. The number of benzene rings is 1. The number of amides is 1. The summed E-state index contributed by atoms with van der Waals surface area (Å²) in [4.78, 5) is 38.5. The number of fused-ring (bicyclic) bond motifs is 1. The van der Waals surface area contributed by atoms with Crippen molar-refractivity contribution in [2.45, 2.75) is 76.4 Å². The summed E-state index contributed by atoms with van der Waals surface area (Å²) >= 11 is 0. The van der Waals surface area contributed by atoms with Crippen molar-refractivity contribution in [3.8, 4) is 0 Å². The number of rotatable bonds is 4. The molecule has 1 aromatic heterocycles. The lowest BCUT2D eigenvalue weighted by Gasteiger charge is -2.36. The van der Waals surface area contributed by atoms with Crippen LogP contribution in [0.2, 0.25) is 0 Å². The summed E-state index contributed by atoms with van der Waals surface area (Å²) < 4.78 is 0. The Bertz CT molecular complexity index is 981. The maximum Gasteiger partial charge on any atom is 0.254 e. The summed E-state index contributed by atoms with van der Waals surface area (Å²) in [6.45, 7) is 2.44. The average molecular weight is 421 g/mol. The van der Waals surface area contributed by atoms with Crippen molar-refractivity contribution in [1.82, 2.24) is 19.8 Å². The van der Waals surface area contributed by atoms with Gasteiger partial charge in [-0.3, -0.25) is 14.5 Å². The van der Waals surface area contributed by atoms with Crippen molar-refractivity contribution in [2.24, 2.45) is 0 Å². The largest absolute Gasteiger partial charge is 0.332 e. The van der Waals surface area contributed by atoms with Gasteiger partial charge >= 0.3 is 0 Å². The van der Waals surface area contributed by atoms with Crippen LogP contribution in [0, 0.1) is 0 Å². The Morgan fingerprint density at radius 2 is 1.81 bits per heavy atom. The van der Waals surface area contributed by atoms with Crippen LogP contribution in [0.1, 0.15) is 73.6 Å². The molecule has 1 aliphatic carbocycles. The highest BCUT2D eigenvalue weighted by molar-refractivity contribution is 5.79. The van der Waals surface area contributed by atoms with Gasteiger partial charge in [-0.25, -0.2) is 4.98 Å². The van der Waals surface area contributed by atoms with Gasteiger partial charge in [-0.15, -0.1) is 0 Å². The molecule has 3 aliphatic rings. The Kier molecular flexibility index (Phi) is 5.90. The Balaban J connectivity index is 1.39. The van der Waals surface area contributed by atoms with Crippen molar-refractivity contribution < 1.29 is 4.79 Å². The summed E-state index contributed by atoms with van der Waals surface area (Å²) in [6.07, 6.45) is 9.21. The average Bonchev–Trinajstić information content (AvgIpc) is 3.34. The first-order chi connectivity index (χ1) is 15.2. The summed E-state index contributed by atoms with van der Waals surface area (Å²) in [7, 11) is 0. The number of nitrogens with zero attached hydrogens (tertiary/aromatic N) is 3. The van der Waals surface area contributed by atoms with E-state index in [1.165, 1.54) is 25.7 Å². The molecule has 2 aliphatic heterocycles. The highest BCUT2D eigenvalue weighted by Gasteiger charge is 2.32. The number of H-pyrrole nitrogens is 1. The van der Waals surface area contributed by atoms with E-state index in [0.29, 0.717) is 18.3 Å². The van der Waals surface area contributed by atoms with Crippen LogP contribution in [0.5, 0.6) is 0 Å². The van der Waals surface area contributed by atoms with E-state index in [2.05, 4.69) is 9.88 Å². The molecule has 31 heavy (non-hydrogen) atoms. The molecule has 1 aromatic carbocycles. The maximum absolute atomic E-state index is 13.1. The second-order valence-electron chi connectivity index (χ2n) is 9.30. The molecular weight excluding hydrogens is 388 g/mol. The predicted molar refractivity (Wildman–Crippen MR) is 120 cm³/mol. The first-order valence-corrected chi connectivity index (χ1v) is 11.9. The van der Waals surface area contributed by atoms with Crippen LogP contribution >= 0.6 is 0 Å². The molecule has 6 nitrogen and oxygen atoms in total. The van der Waals surface area contributed by atoms with Gasteiger partial charge in [0.05, 0.1) is 18.2 Å². The zero-order valence-electron chi connectivity index (χ0n) is 18.2. The molecule has 5 rings (SSSR count). The van der Waals surface area contributed by atoms with Crippen LogP contribution in [0.15, 0.2) is 35.1 Å². The lowest BCUT2D eigenvalue weighted by Crippen LogP contribution is -2.43. The van der Waals surface area contributed by atoms with Crippen molar-refractivity contribution in [2.75, 3.05) is 13.1 Å². The van der Waals surface area contributed by atoms with E-state index in [1.807, 2.05) is 35.2 Å². The van der Waals surface area contributed by atoms with Crippen molar-refractivity contribution in [1.29, 1.82) is 0 Å². The van der Waals surface area contributed by atoms with Crippen molar-refractivity contribution in [3.63, 3.8) is 0 Å². The second-order valence-corrected chi connectivity index (χ2v) is 9.30. The summed E-state index contributed by atoms with van der Waals surface area (Å²) in [5.74, 6) is 0.794. The van der Waals surface area contributed by atoms with Crippen LogP contribution in [0.3, 0.4) is 0 Å². The smallest absolute Gasteiger partial charge is 0.254 e. The van der Waals surface area contributed by atoms with E-state index in [4.69, 9.17) is 4.98 Å². The minimum atomic E-state index is -0.134. The Morgan fingerprint density at radius 1 is 1.03 bits per heavy atom. The molecule has 1 saturated heterocycles. The zero-order valence-corrected chi connectivity index (χ0v) is 18.2. The maximum atomic E-state index is 13.1. The SMILES string of the molecule is O=C(Cc1ccccc1)N1CCCCC1c1nc2c(c(=O)[nH]1)CCN(C1CCCC1)C2. The van der Waals surface area contributed by atoms with E-state index in [0.717, 1.165) is 62.1 Å². The van der Waals surface area contributed by atoms with Gasteiger partial charge in [0.1, 0.15) is 5.82 Å². The van der Waals surface area contributed by atoms with Gasteiger partial charge in [0.15, 0.2) is 0 Å². The van der Waals surface area contributed by atoms with E-state index >= 15 is 0 Å². The van der Waals surface area contributed by atoms with Gasteiger partial charge in [0.2, 0.25) is 5.91 Å². The standard InChI is InChI=1S/C25H32N4O2/c30-23(16-18-8-2-1-3-9-18)29-14-7-6-12-22(29)24-26-21-17-28(19-10-4-5-11-19)15-13-20(21)25(31)27-24/h1-3,8-9,19,22H,4-7,10-17H2,(H,26,27,31). The number of carbonyl (C=O) groups is 1. The minimum Gasteiger partial charge on any atom is -0.332 e. The third-order valence-corrected chi connectivity index (χ3v) is 7.30. The molecule has 3 heterocycles. The molecule has 1 unspecified atom stereocenters. The molecule has 0 bridgehead atoms. The van der Waals surface area contributed by atoms with E-state index < -0.39 is 0 Å². The quantitative estimate of drug-likeness (QED) is 0.823. The fourth-order valence-electron chi connectivity index (χ4n) is 5.60. The molecule has 164 valence electrons. The molecule has 2 aromatic rings. The molecular formula is C25H32N4O2. The van der Waals surface area contributed by atoms with E-state index in [-0.39, 0.29) is 17.5 Å². The number of aromatic nitrogens is 2. The topological polar surface area (TPSA) is 69.3 Å². The Morgan fingerprint density at radius 3 is 2.61 bits per heavy atom. The second kappa shape index (κ2) is 8.95. The Hall–Kier alpha value is -2.47. The number of aromatic amines is 1. The van der Waals surface area contributed by atoms with Crippen LogP contribution in [0.4, 0.5) is 0 Å². The molecule has 0 spiro atoms. The number of hydrogen-bond acceptors (Lipinski definition) is 4. The van der Waals surface area contributed by atoms with Gasteiger partial charge in [-0.2, -0.15) is 0 Å². The van der Waals surface area contributed by atoms with Crippen LogP contribution < -0.4 is 5.56 Å². The molecule has 1 N–H and O–H groups in total. The van der Waals surface area contributed by atoms with Crippen LogP contribution in [-0.4, -0.2) is 44.8 Å². The third-order valence-electron chi connectivity index (χ3n) is 7.30. The molecule has 1 amide bonds. The lowest BCUT2D eigenvalue weighted by molar-refractivity contribution is -0.134. The number of carbonyl (C=O) groups excluding carboxylic acids is 1. The molecule has 2 fully saturated rings. The van der Waals surface area contributed by atoms with Gasteiger partial charge in [0.25, 0.3) is 5.56 Å². The highest BCUT2D eigenvalue weighted by Crippen LogP contribution is 2.31. The summed E-state index contributed by atoms with van der Waals surface area (Å²) in [5.41, 5.74) is 2.79. The number of nitrogens with one attached hydrogen (secondary N) is 1. The van der Waals surface area contributed by atoms with Gasteiger partial charge in [-0.1, -0.05) is 43.2 Å². The monoisotopic (exact) mass is 420 g/mol. The molecule has 1 atom stereocenters. The molecule has 6 heteroatoms. The fraction of sp³-hybridized carbons (Fsp3) is 0.560. The number of piperidine rings is 1. The lowest BCUT2D eigenvalue weighted by atomic mass is 9.98. The molecule has 0 radical (unpaired) electrons. The third kappa shape index (κ3) is 4.31.